The Balaban J connectivity index is 2.18. The summed E-state index contributed by atoms with van der Waals surface area (Å²) in [5.74, 6) is 0.993. The molecule has 0 aliphatic carbocycles. The molecule has 1 aliphatic rings. The van der Waals surface area contributed by atoms with Gasteiger partial charge in [0.05, 0.1) is 12.6 Å². The smallest absolute Gasteiger partial charge is 0.238 e. The van der Waals surface area contributed by atoms with Crippen LogP contribution in [0.5, 0.6) is 5.75 Å². The molecule has 20 heavy (non-hydrogen) atoms. The van der Waals surface area contributed by atoms with Crippen LogP contribution in [-0.4, -0.2) is 37.6 Å². The predicted octanol–water partition coefficient (Wildman–Crippen LogP) is 2.73. The quantitative estimate of drug-likeness (QED) is 0.919. The van der Waals surface area contributed by atoms with Crippen LogP contribution in [0.2, 0.25) is 0 Å². The number of hydrogen-bond acceptors (Lipinski definition) is 3. The summed E-state index contributed by atoms with van der Waals surface area (Å²) in [6, 6.07) is 6.02. The van der Waals surface area contributed by atoms with Crippen molar-refractivity contribution < 1.29 is 9.53 Å². The molecule has 0 saturated carbocycles. The van der Waals surface area contributed by atoms with Gasteiger partial charge in [0, 0.05) is 30.2 Å². The summed E-state index contributed by atoms with van der Waals surface area (Å²) in [4.78, 5) is 13.6. The Morgan fingerprint density at radius 1 is 1.50 bits per heavy atom. The number of nitrogens with zero attached hydrogens (tertiary/aromatic N) is 1. The van der Waals surface area contributed by atoms with Crippen molar-refractivity contribution in [2.24, 2.45) is 0 Å². The molecule has 0 aromatic heterocycles. The Morgan fingerprint density at radius 3 is 2.95 bits per heavy atom. The van der Waals surface area contributed by atoms with Crippen LogP contribution < -0.4 is 10.1 Å². The first-order chi connectivity index (χ1) is 9.49. The minimum atomic E-state index is -0.204. The lowest BCUT2D eigenvalue weighted by Crippen LogP contribution is -2.43. The van der Waals surface area contributed by atoms with Gasteiger partial charge < -0.3 is 9.64 Å². The van der Waals surface area contributed by atoms with E-state index < -0.39 is 0 Å². The predicted molar refractivity (Wildman–Crippen MR) is 82.9 cm³/mol. The van der Waals surface area contributed by atoms with Crippen molar-refractivity contribution in [1.29, 1.82) is 0 Å². The standard InChI is InChI=1S/C15H21BrN2O2/c1-10(15(19)18(2)3)17-13-5-4-8-20-14-9-11(16)6-7-12(13)14/h6-7,9-10,13,17H,4-5,8H2,1-3H3. The van der Waals surface area contributed by atoms with E-state index >= 15 is 0 Å². The number of amides is 1. The molecule has 2 unspecified atom stereocenters. The minimum Gasteiger partial charge on any atom is -0.493 e. The van der Waals surface area contributed by atoms with E-state index in [4.69, 9.17) is 4.74 Å². The summed E-state index contributed by atoms with van der Waals surface area (Å²) in [7, 11) is 3.56. The zero-order valence-corrected chi connectivity index (χ0v) is 13.7. The first-order valence-corrected chi connectivity index (χ1v) is 7.68. The Hall–Kier alpha value is -1.07. The van der Waals surface area contributed by atoms with Gasteiger partial charge in [0.1, 0.15) is 5.75 Å². The van der Waals surface area contributed by atoms with Gasteiger partial charge in [-0.25, -0.2) is 0 Å². The Morgan fingerprint density at radius 2 is 2.25 bits per heavy atom. The first-order valence-electron chi connectivity index (χ1n) is 6.88. The highest BCUT2D eigenvalue weighted by atomic mass is 79.9. The Kier molecular flexibility index (Phi) is 5.05. The fraction of sp³-hybridized carbons (Fsp3) is 0.533. The summed E-state index contributed by atoms with van der Waals surface area (Å²) in [5.41, 5.74) is 1.13. The molecule has 0 bridgehead atoms. The maximum Gasteiger partial charge on any atom is 0.238 e. The molecule has 5 heteroatoms. The lowest BCUT2D eigenvalue weighted by molar-refractivity contribution is -0.130. The average Bonchev–Trinajstić information content (AvgIpc) is 2.59. The van der Waals surface area contributed by atoms with Gasteiger partial charge in [0.25, 0.3) is 0 Å². The van der Waals surface area contributed by atoms with E-state index in [1.807, 2.05) is 19.1 Å². The fourth-order valence-corrected chi connectivity index (χ4v) is 2.82. The molecule has 2 rings (SSSR count). The van der Waals surface area contributed by atoms with Crippen LogP contribution in [-0.2, 0) is 4.79 Å². The molecule has 1 heterocycles. The minimum absolute atomic E-state index is 0.0915. The molecule has 2 atom stereocenters. The molecule has 1 aromatic rings. The largest absolute Gasteiger partial charge is 0.493 e. The lowest BCUT2D eigenvalue weighted by Gasteiger charge is -2.24. The molecule has 0 saturated heterocycles. The Labute approximate surface area is 128 Å². The van der Waals surface area contributed by atoms with Gasteiger partial charge in [-0.2, -0.15) is 0 Å². The number of ether oxygens (including phenoxy) is 1. The van der Waals surface area contributed by atoms with Crippen molar-refractivity contribution in [3.63, 3.8) is 0 Å². The van der Waals surface area contributed by atoms with Gasteiger partial charge in [-0.3, -0.25) is 10.1 Å². The second-order valence-electron chi connectivity index (χ2n) is 5.35. The molecular formula is C15H21BrN2O2. The molecule has 1 amide bonds. The number of hydrogen-bond donors (Lipinski definition) is 1. The highest BCUT2D eigenvalue weighted by Crippen LogP contribution is 2.33. The van der Waals surface area contributed by atoms with Crippen molar-refractivity contribution in [2.45, 2.75) is 31.8 Å². The second kappa shape index (κ2) is 6.59. The zero-order valence-electron chi connectivity index (χ0n) is 12.1. The summed E-state index contributed by atoms with van der Waals surface area (Å²) in [5, 5.41) is 3.43. The lowest BCUT2D eigenvalue weighted by atomic mass is 10.0. The molecule has 0 radical (unpaired) electrons. The summed E-state index contributed by atoms with van der Waals surface area (Å²) in [6.45, 7) is 2.63. The van der Waals surface area contributed by atoms with E-state index in [0.29, 0.717) is 0 Å². The highest BCUT2D eigenvalue weighted by Gasteiger charge is 2.24. The molecule has 0 fully saturated rings. The summed E-state index contributed by atoms with van der Waals surface area (Å²) < 4.78 is 6.79. The maximum absolute atomic E-state index is 12.0. The zero-order chi connectivity index (χ0) is 14.7. The van der Waals surface area contributed by atoms with Gasteiger partial charge in [0.15, 0.2) is 0 Å². The van der Waals surface area contributed by atoms with Crippen LogP contribution in [0.15, 0.2) is 22.7 Å². The normalized spacial score (nSPS) is 19.5. The average molecular weight is 341 g/mol. The van der Waals surface area contributed by atoms with Crippen LogP contribution in [0.1, 0.15) is 31.4 Å². The van der Waals surface area contributed by atoms with Crippen molar-refractivity contribution in [3.05, 3.63) is 28.2 Å². The summed E-state index contributed by atoms with van der Waals surface area (Å²) in [6.07, 6.45) is 1.95. The van der Waals surface area contributed by atoms with Gasteiger partial charge in [-0.15, -0.1) is 0 Å². The van der Waals surface area contributed by atoms with Crippen molar-refractivity contribution in [2.75, 3.05) is 20.7 Å². The number of halogens is 1. The number of likely N-dealkylation sites (N-methyl/N-ethyl adjacent to an activating group) is 1. The molecule has 1 aliphatic heterocycles. The Bertz CT molecular complexity index is 491. The van der Waals surface area contributed by atoms with E-state index in [1.165, 1.54) is 0 Å². The number of rotatable bonds is 3. The number of benzene rings is 1. The van der Waals surface area contributed by atoms with E-state index in [2.05, 4.69) is 27.3 Å². The van der Waals surface area contributed by atoms with E-state index in [1.54, 1.807) is 19.0 Å². The van der Waals surface area contributed by atoms with Crippen LogP contribution in [0.4, 0.5) is 0 Å². The first kappa shape index (κ1) is 15.3. The van der Waals surface area contributed by atoms with Crippen molar-refractivity contribution >= 4 is 21.8 Å². The molecule has 1 N–H and O–H groups in total. The highest BCUT2D eigenvalue weighted by molar-refractivity contribution is 9.10. The van der Waals surface area contributed by atoms with E-state index in [-0.39, 0.29) is 18.0 Å². The van der Waals surface area contributed by atoms with Crippen molar-refractivity contribution in [3.8, 4) is 5.75 Å². The van der Waals surface area contributed by atoms with Crippen LogP contribution in [0, 0.1) is 0 Å². The molecule has 4 nitrogen and oxygen atoms in total. The topological polar surface area (TPSA) is 41.6 Å². The monoisotopic (exact) mass is 340 g/mol. The van der Waals surface area contributed by atoms with E-state index in [9.17, 15) is 4.79 Å². The summed E-state index contributed by atoms with van der Waals surface area (Å²) >= 11 is 3.47. The molecule has 1 aromatic carbocycles. The third kappa shape index (κ3) is 3.52. The SMILES string of the molecule is CC(NC1CCCOc2cc(Br)ccc21)C(=O)N(C)C. The number of fused-ring (bicyclic) bond motifs is 1. The molecule has 110 valence electrons. The van der Waals surface area contributed by atoms with Crippen LogP contribution in [0.25, 0.3) is 0 Å². The van der Waals surface area contributed by atoms with Gasteiger partial charge in [0.2, 0.25) is 5.91 Å². The van der Waals surface area contributed by atoms with Crippen molar-refractivity contribution in [1.82, 2.24) is 10.2 Å². The van der Waals surface area contributed by atoms with Gasteiger partial charge >= 0.3 is 0 Å². The number of nitrogens with one attached hydrogen (secondary N) is 1. The van der Waals surface area contributed by atoms with Crippen LogP contribution >= 0.6 is 15.9 Å². The molecule has 0 spiro atoms. The molecular weight excluding hydrogens is 320 g/mol. The maximum atomic E-state index is 12.0. The number of carbonyl (C=O) groups is 1. The number of carbonyl (C=O) groups excluding carboxylic acids is 1. The van der Waals surface area contributed by atoms with Gasteiger partial charge in [-0.05, 0) is 31.9 Å². The fourth-order valence-electron chi connectivity index (χ4n) is 2.48. The second-order valence-corrected chi connectivity index (χ2v) is 6.26. The van der Waals surface area contributed by atoms with E-state index in [0.717, 1.165) is 35.2 Å². The van der Waals surface area contributed by atoms with Crippen LogP contribution in [0.3, 0.4) is 0 Å². The van der Waals surface area contributed by atoms with Gasteiger partial charge in [-0.1, -0.05) is 22.0 Å². The third-order valence-electron chi connectivity index (χ3n) is 3.51. The third-order valence-corrected chi connectivity index (χ3v) is 4.00.